The van der Waals surface area contributed by atoms with Crippen molar-refractivity contribution in [2.45, 2.75) is 66.2 Å². The van der Waals surface area contributed by atoms with E-state index < -0.39 is 5.97 Å². The molecule has 2 heteroatoms. The fraction of sp³-hybridized carbons (Fsp3) is 0.824. The Morgan fingerprint density at radius 1 is 1.32 bits per heavy atom. The zero-order valence-corrected chi connectivity index (χ0v) is 12.8. The Kier molecular flexibility index (Phi) is 4.08. The first-order chi connectivity index (χ1) is 8.87. The van der Waals surface area contributed by atoms with E-state index in [0.717, 1.165) is 24.7 Å². The van der Waals surface area contributed by atoms with Crippen molar-refractivity contribution in [3.05, 3.63) is 11.1 Å². The van der Waals surface area contributed by atoms with Crippen LogP contribution in [0.1, 0.15) is 66.2 Å². The molecule has 2 rings (SSSR count). The van der Waals surface area contributed by atoms with Crippen molar-refractivity contribution in [2.75, 3.05) is 0 Å². The molecule has 19 heavy (non-hydrogen) atoms. The second-order valence-electron chi connectivity index (χ2n) is 7.15. The van der Waals surface area contributed by atoms with E-state index in [2.05, 4.69) is 20.8 Å². The van der Waals surface area contributed by atoms with Gasteiger partial charge in [-0.05, 0) is 62.2 Å². The first-order valence-electron chi connectivity index (χ1n) is 7.79. The molecule has 2 aliphatic carbocycles. The minimum absolute atomic E-state index is 0.363. The summed E-state index contributed by atoms with van der Waals surface area (Å²) in [5.74, 6) is 1.58. The Balaban J connectivity index is 2.24. The van der Waals surface area contributed by atoms with Crippen LogP contribution in [0.5, 0.6) is 0 Å². The molecule has 2 aliphatic rings. The number of carboxylic acid groups (broad SMARTS) is 1. The molecule has 2 nitrogen and oxygen atoms in total. The van der Waals surface area contributed by atoms with E-state index in [4.69, 9.17) is 0 Å². The highest BCUT2D eigenvalue weighted by molar-refractivity contribution is 5.86. The lowest BCUT2D eigenvalue weighted by Crippen LogP contribution is -2.43. The minimum atomic E-state index is -0.728. The van der Waals surface area contributed by atoms with Crippen LogP contribution in [0, 0.1) is 23.2 Å². The van der Waals surface area contributed by atoms with Gasteiger partial charge in [-0.15, -0.1) is 0 Å². The lowest BCUT2D eigenvalue weighted by Gasteiger charge is -2.52. The van der Waals surface area contributed by atoms with Crippen LogP contribution in [0.3, 0.4) is 0 Å². The Labute approximate surface area is 117 Å². The van der Waals surface area contributed by atoms with E-state index in [0.29, 0.717) is 16.9 Å². The average molecular weight is 264 g/mol. The first kappa shape index (κ1) is 14.6. The maximum absolute atomic E-state index is 11.2. The molecule has 0 bridgehead atoms. The maximum atomic E-state index is 11.2. The van der Waals surface area contributed by atoms with Crippen molar-refractivity contribution < 1.29 is 9.90 Å². The second-order valence-corrected chi connectivity index (χ2v) is 7.15. The van der Waals surface area contributed by atoms with Crippen LogP contribution >= 0.6 is 0 Å². The summed E-state index contributed by atoms with van der Waals surface area (Å²) < 4.78 is 0. The largest absolute Gasteiger partial charge is 0.478 e. The molecule has 0 aliphatic heterocycles. The van der Waals surface area contributed by atoms with Gasteiger partial charge in [-0.25, -0.2) is 4.79 Å². The zero-order valence-electron chi connectivity index (χ0n) is 12.8. The van der Waals surface area contributed by atoms with E-state index in [1.54, 1.807) is 6.92 Å². The molecule has 2 saturated carbocycles. The van der Waals surface area contributed by atoms with Crippen molar-refractivity contribution >= 4 is 5.97 Å². The van der Waals surface area contributed by atoms with E-state index in [9.17, 15) is 9.90 Å². The third kappa shape index (κ3) is 2.59. The summed E-state index contributed by atoms with van der Waals surface area (Å²) in [7, 11) is 0. The Hall–Kier alpha value is -0.790. The molecule has 0 spiro atoms. The van der Waals surface area contributed by atoms with Crippen LogP contribution in [-0.2, 0) is 4.79 Å². The van der Waals surface area contributed by atoms with Crippen LogP contribution < -0.4 is 0 Å². The normalized spacial score (nSPS) is 36.5. The van der Waals surface area contributed by atoms with Gasteiger partial charge in [0.25, 0.3) is 0 Å². The van der Waals surface area contributed by atoms with Crippen LogP contribution in [-0.4, -0.2) is 11.1 Å². The summed E-state index contributed by atoms with van der Waals surface area (Å²) >= 11 is 0. The zero-order chi connectivity index (χ0) is 14.2. The molecule has 2 fully saturated rings. The van der Waals surface area contributed by atoms with E-state index in [-0.39, 0.29) is 0 Å². The predicted octanol–water partition coefficient (Wildman–Crippen LogP) is 4.65. The highest BCUT2D eigenvalue weighted by Gasteiger charge is 2.46. The van der Waals surface area contributed by atoms with Gasteiger partial charge in [0.05, 0.1) is 0 Å². The molecule has 0 amide bonds. The lowest BCUT2D eigenvalue weighted by molar-refractivity contribution is -0.132. The average Bonchev–Trinajstić information content (AvgIpc) is 2.37. The molecule has 0 aromatic carbocycles. The van der Waals surface area contributed by atoms with Gasteiger partial charge >= 0.3 is 5.97 Å². The molecule has 0 heterocycles. The number of allylic oxidation sites excluding steroid dienone is 1. The topological polar surface area (TPSA) is 37.3 Å². The van der Waals surface area contributed by atoms with Crippen LogP contribution in [0.15, 0.2) is 11.1 Å². The molecule has 0 aromatic rings. The maximum Gasteiger partial charge on any atom is 0.331 e. The van der Waals surface area contributed by atoms with E-state index in [1.807, 2.05) is 0 Å². The molecule has 0 radical (unpaired) electrons. The minimum Gasteiger partial charge on any atom is -0.478 e. The number of fused-ring (bicyclic) bond motifs is 1. The quantitative estimate of drug-likeness (QED) is 0.737. The van der Waals surface area contributed by atoms with Gasteiger partial charge in [0.2, 0.25) is 0 Å². The van der Waals surface area contributed by atoms with Gasteiger partial charge in [0.1, 0.15) is 0 Å². The summed E-state index contributed by atoms with van der Waals surface area (Å²) in [5.41, 5.74) is 2.17. The van der Waals surface area contributed by atoms with Crippen molar-refractivity contribution in [3.63, 3.8) is 0 Å². The third-order valence-corrected chi connectivity index (χ3v) is 6.09. The van der Waals surface area contributed by atoms with E-state index in [1.165, 1.54) is 31.3 Å². The summed E-state index contributed by atoms with van der Waals surface area (Å²) in [6.45, 7) is 8.91. The summed E-state index contributed by atoms with van der Waals surface area (Å²) in [5, 5.41) is 9.20. The van der Waals surface area contributed by atoms with Gasteiger partial charge < -0.3 is 5.11 Å². The Morgan fingerprint density at radius 2 is 2.00 bits per heavy atom. The van der Waals surface area contributed by atoms with Gasteiger partial charge in [-0.2, -0.15) is 0 Å². The first-order valence-corrected chi connectivity index (χ1v) is 7.79. The van der Waals surface area contributed by atoms with Crippen molar-refractivity contribution in [1.29, 1.82) is 0 Å². The molecule has 108 valence electrons. The second kappa shape index (κ2) is 5.30. The number of hydrogen-bond donors (Lipinski definition) is 1. The molecule has 1 N–H and O–H groups in total. The molecule has 0 unspecified atom stereocenters. The SMILES string of the molecule is CC[C@@H]1CC[C@H]2CCC(=C(C)C(=O)O)C[C@H]2C1(C)C. The van der Waals surface area contributed by atoms with Crippen molar-refractivity contribution in [1.82, 2.24) is 0 Å². The summed E-state index contributed by atoms with van der Waals surface area (Å²) in [6, 6.07) is 0. The highest BCUT2D eigenvalue weighted by atomic mass is 16.4. The molecule has 0 aromatic heterocycles. The van der Waals surface area contributed by atoms with Gasteiger partial charge in [0, 0.05) is 5.57 Å². The smallest absolute Gasteiger partial charge is 0.331 e. The summed E-state index contributed by atoms with van der Waals surface area (Å²) in [4.78, 5) is 11.2. The van der Waals surface area contributed by atoms with Crippen molar-refractivity contribution in [2.24, 2.45) is 23.2 Å². The third-order valence-electron chi connectivity index (χ3n) is 6.09. The standard InChI is InChI=1S/C17H28O2/c1-5-14-9-8-12-6-7-13(11(2)16(18)19)10-15(12)17(14,3)4/h12,14-15H,5-10H2,1-4H3,(H,18,19)/t12-,14-,15-/m1/s1. The number of aliphatic carboxylic acids is 1. The lowest BCUT2D eigenvalue weighted by atomic mass is 9.53. The Bertz CT molecular complexity index is 392. The van der Waals surface area contributed by atoms with Crippen LogP contribution in [0.25, 0.3) is 0 Å². The van der Waals surface area contributed by atoms with Gasteiger partial charge in [-0.1, -0.05) is 32.8 Å². The molecule has 3 atom stereocenters. The number of carbonyl (C=O) groups is 1. The number of hydrogen-bond acceptors (Lipinski definition) is 1. The molecular formula is C17H28O2. The van der Waals surface area contributed by atoms with Crippen LogP contribution in [0.2, 0.25) is 0 Å². The van der Waals surface area contributed by atoms with Crippen molar-refractivity contribution in [3.8, 4) is 0 Å². The van der Waals surface area contributed by atoms with E-state index >= 15 is 0 Å². The van der Waals surface area contributed by atoms with Crippen LogP contribution in [0.4, 0.5) is 0 Å². The fourth-order valence-corrected chi connectivity index (χ4v) is 4.62. The number of rotatable bonds is 2. The van der Waals surface area contributed by atoms with Gasteiger partial charge in [-0.3, -0.25) is 0 Å². The molecular weight excluding hydrogens is 236 g/mol. The Morgan fingerprint density at radius 3 is 2.58 bits per heavy atom. The van der Waals surface area contributed by atoms with Gasteiger partial charge in [0.15, 0.2) is 0 Å². The highest BCUT2D eigenvalue weighted by Crippen LogP contribution is 2.55. The molecule has 0 saturated heterocycles. The summed E-state index contributed by atoms with van der Waals surface area (Å²) in [6.07, 6.45) is 7.20. The monoisotopic (exact) mass is 264 g/mol. The fourth-order valence-electron chi connectivity index (χ4n) is 4.62. The predicted molar refractivity (Wildman–Crippen MR) is 78.0 cm³/mol. The number of carboxylic acids is 1.